The van der Waals surface area contributed by atoms with E-state index in [1.807, 2.05) is 18.7 Å². The first-order chi connectivity index (χ1) is 11.3. The number of aryl methyl sites for hydroxylation is 1. The van der Waals surface area contributed by atoms with E-state index in [1.165, 1.54) is 0 Å². The molecular weight excluding hydrogens is 349 g/mol. The second kappa shape index (κ2) is 6.79. The molecule has 0 N–H and O–H groups in total. The van der Waals surface area contributed by atoms with E-state index < -0.39 is 0 Å². The summed E-state index contributed by atoms with van der Waals surface area (Å²) in [5.41, 5.74) is 1.27. The Morgan fingerprint density at radius 1 is 1.17 bits per heavy atom. The van der Waals surface area contributed by atoms with E-state index in [0.717, 1.165) is 0 Å². The highest BCUT2D eigenvalue weighted by molar-refractivity contribution is 6.36. The van der Waals surface area contributed by atoms with Crippen molar-refractivity contribution in [2.24, 2.45) is 0 Å². The Labute approximate surface area is 151 Å². The molecule has 2 atom stereocenters. The molecule has 0 aliphatic carbocycles. The maximum atomic E-state index is 12.9. The maximum absolute atomic E-state index is 12.9. The Morgan fingerprint density at radius 2 is 1.83 bits per heavy atom. The molecule has 1 aromatic heterocycles. The van der Waals surface area contributed by atoms with Gasteiger partial charge in [0.05, 0.1) is 22.8 Å². The monoisotopic (exact) mass is 367 g/mol. The van der Waals surface area contributed by atoms with Crippen molar-refractivity contribution in [2.45, 2.75) is 33.0 Å². The SMILES string of the molecule is Cc1oc(-c2ccc(Cl)cc2Cl)cc1C(=O)N1C[C@H](C)O[C@@H](C)C1. The van der Waals surface area contributed by atoms with Crippen LogP contribution < -0.4 is 0 Å². The number of hydrogen-bond donors (Lipinski definition) is 0. The van der Waals surface area contributed by atoms with E-state index >= 15 is 0 Å². The van der Waals surface area contributed by atoms with Gasteiger partial charge in [-0.2, -0.15) is 0 Å². The van der Waals surface area contributed by atoms with Crippen LogP contribution in [0.25, 0.3) is 11.3 Å². The predicted molar refractivity (Wildman–Crippen MR) is 94.8 cm³/mol. The molecule has 24 heavy (non-hydrogen) atoms. The molecule has 1 aliphatic rings. The lowest BCUT2D eigenvalue weighted by Crippen LogP contribution is -2.48. The van der Waals surface area contributed by atoms with Crippen LogP contribution in [0.1, 0.15) is 30.0 Å². The van der Waals surface area contributed by atoms with Gasteiger partial charge in [-0.1, -0.05) is 23.2 Å². The summed E-state index contributed by atoms with van der Waals surface area (Å²) in [7, 11) is 0. The fourth-order valence-electron chi connectivity index (χ4n) is 3.03. The van der Waals surface area contributed by atoms with Gasteiger partial charge in [0.25, 0.3) is 5.91 Å². The number of halogens is 2. The third-order valence-electron chi connectivity index (χ3n) is 4.05. The Balaban J connectivity index is 1.90. The summed E-state index contributed by atoms with van der Waals surface area (Å²) in [6, 6.07) is 6.93. The van der Waals surface area contributed by atoms with E-state index in [1.54, 1.807) is 31.2 Å². The zero-order chi connectivity index (χ0) is 17.4. The van der Waals surface area contributed by atoms with Crippen LogP contribution in [0.15, 0.2) is 28.7 Å². The minimum absolute atomic E-state index is 0.0232. The van der Waals surface area contributed by atoms with E-state index in [0.29, 0.717) is 45.8 Å². The molecule has 4 nitrogen and oxygen atoms in total. The fraction of sp³-hybridized carbons (Fsp3) is 0.389. The van der Waals surface area contributed by atoms with Gasteiger partial charge in [-0.3, -0.25) is 4.79 Å². The molecule has 1 saturated heterocycles. The van der Waals surface area contributed by atoms with Crippen molar-refractivity contribution < 1.29 is 13.9 Å². The molecule has 1 aliphatic heterocycles. The number of carbonyl (C=O) groups is 1. The summed E-state index contributed by atoms with van der Waals surface area (Å²) in [5, 5.41) is 1.04. The molecular formula is C18H19Cl2NO3. The minimum Gasteiger partial charge on any atom is -0.460 e. The van der Waals surface area contributed by atoms with Gasteiger partial charge in [0.1, 0.15) is 11.5 Å². The quantitative estimate of drug-likeness (QED) is 0.764. The van der Waals surface area contributed by atoms with Crippen LogP contribution in [0.3, 0.4) is 0 Å². The molecule has 6 heteroatoms. The van der Waals surface area contributed by atoms with Crippen LogP contribution in [0.5, 0.6) is 0 Å². The largest absolute Gasteiger partial charge is 0.460 e. The predicted octanol–water partition coefficient (Wildman–Crippen LogP) is 4.81. The summed E-state index contributed by atoms with van der Waals surface area (Å²) in [4.78, 5) is 14.7. The van der Waals surface area contributed by atoms with Crippen molar-refractivity contribution >= 4 is 29.1 Å². The van der Waals surface area contributed by atoms with Gasteiger partial charge < -0.3 is 14.1 Å². The summed E-state index contributed by atoms with van der Waals surface area (Å²) in [6.45, 7) is 6.87. The molecule has 0 bridgehead atoms. The second-order valence-electron chi connectivity index (χ2n) is 6.17. The first-order valence-corrected chi connectivity index (χ1v) is 8.61. The summed E-state index contributed by atoms with van der Waals surface area (Å²) < 4.78 is 11.5. The van der Waals surface area contributed by atoms with Gasteiger partial charge in [0.2, 0.25) is 0 Å². The second-order valence-corrected chi connectivity index (χ2v) is 7.02. The number of benzene rings is 1. The molecule has 1 amide bonds. The summed E-state index contributed by atoms with van der Waals surface area (Å²) in [5.74, 6) is 1.09. The molecule has 3 rings (SSSR count). The van der Waals surface area contributed by atoms with Crippen molar-refractivity contribution in [2.75, 3.05) is 13.1 Å². The van der Waals surface area contributed by atoms with Crippen molar-refractivity contribution in [1.82, 2.24) is 4.90 Å². The molecule has 0 radical (unpaired) electrons. The first kappa shape index (κ1) is 17.3. The number of hydrogen-bond acceptors (Lipinski definition) is 3. The average Bonchev–Trinajstić information content (AvgIpc) is 2.87. The van der Waals surface area contributed by atoms with E-state index in [9.17, 15) is 4.79 Å². The molecule has 1 aromatic carbocycles. The van der Waals surface area contributed by atoms with E-state index in [2.05, 4.69) is 0 Å². The standard InChI is InChI=1S/C18H19Cl2NO3/c1-10-8-21(9-11(2)23-10)18(22)15-7-17(24-12(15)3)14-5-4-13(19)6-16(14)20/h4-7,10-11H,8-9H2,1-3H3/t10-,11-/m0/s1. The average molecular weight is 368 g/mol. The van der Waals surface area contributed by atoms with Crippen LogP contribution in [-0.4, -0.2) is 36.1 Å². The number of ether oxygens (including phenoxy) is 1. The Morgan fingerprint density at radius 3 is 2.46 bits per heavy atom. The Hall–Kier alpha value is -1.49. The lowest BCUT2D eigenvalue weighted by molar-refractivity contribution is -0.0586. The molecule has 128 valence electrons. The van der Waals surface area contributed by atoms with Crippen LogP contribution in [0.2, 0.25) is 10.0 Å². The number of rotatable bonds is 2. The van der Waals surface area contributed by atoms with Crippen molar-refractivity contribution in [3.05, 3.63) is 45.6 Å². The Bertz CT molecular complexity index is 762. The number of nitrogens with zero attached hydrogens (tertiary/aromatic N) is 1. The highest BCUT2D eigenvalue weighted by atomic mass is 35.5. The van der Waals surface area contributed by atoms with Gasteiger partial charge in [0.15, 0.2) is 0 Å². The molecule has 0 unspecified atom stereocenters. The normalized spacial score (nSPS) is 21.1. The fourth-order valence-corrected chi connectivity index (χ4v) is 3.53. The third-order valence-corrected chi connectivity index (χ3v) is 4.60. The zero-order valence-corrected chi connectivity index (χ0v) is 15.3. The summed E-state index contributed by atoms with van der Waals surface area (Å²) in [6.07, 6.45) is 0.0465. The minimum atomic E-state index is -0.0467. The van der Waals surface area contributed by atoms with E-state index in [4.69, 9.17) is 32.4 Å². The molecule has 2 heterocycles. The van der Waals surface area contributed by atoms with Gasteiger partial charge in [-0.15, -0.1) is 0 Å². The first-order valence-electron chi connectivity index (χ1n) is 7.85. The number of amides is 1. The zero-order valence-electron chi connectivity index (χ0n) is 13.8. The molecule has 1 fully saturated rings. The van der Waals surface area contributed by atoms with Crippen LogP contribution in [0, 0.1) is 6.92 Å². The molecule has 2 aromatic rings. The highest BCUT2D eigenvalue weighted by Crippen LogP contribution is 2.33. The van der Waals surface area contributed by atoms with Crippen molar-refractivity contribution in [1.29, 1.82) is 0 Å². The van der Waals surface area contributed by atoms with Gasteiger partial charge in [-0.05, 0) is 45.0 Å². The van der Waals surface area contributed by atoms with E-state index in [-0.39, 0.29) is 18.1 Å². The topological polar surface area (TPSA) is 42.7 Å². The molecule has 0 spiro atoms. The van der Waals surface area contributed by atoms with Crippen molar-refractivity contribution in [3.63, 3.8) is 0 Å². The number of morpholine rings is 1. The molecule has 0 saturated carbocycles. The Kier molecular flexibility index (Phi) is 4.90. The smallest absolute Gasteiger partial charge is 0.257 e. The lowest BCUT2D eigenvalue weighted by atomic mass is 10.1. The number of carbonyl (C=O) groups excluding carboxylic acids is 1. The number of furan rings is 1. The van der Waals surface area contributed by atoms with Gasteiger partial charge in [0, 0.05) is 23.7 Å². The van der Waals surface area contributed by atoms with Gasteiger partial charge >= 0.3 is 0 Å². The lowest BCUT2D eigenvalue weighted by Gasteiger charge is -2.35. The van der Waals surface area contributed by atoms with Gasteiger partial charge in [-0.25, -0.2) is 0 Å². The van der Waals surface area contributed by atoms with Crippen LogP contribution in [-0.2, 0) is 4.74 Å². The third kappa shape index (κ3) is 3.46. The summed E-state index contributed by atoms with van der Waals surface area (Å²) >= 11 is 12.2. The van der Waals surface area contributed by atoms with Crippen LogP contribution >= 0.6 is 23.2 Å². The highest BCUT2D eigenvalue weighted by Gasteiger charge is 2.29. The van der Waals surface area contributed by atoms with Crippen LogP contribution in [0.4, 0.5) is 0 Å². The maximum Gasteiger partial charge on any atom is 0.257 e. The van der Waals surface area contributed by atoms with Crippen molar-refractivity contribution in [3.8, 4) is 11.3 Å².